The second kappa shape index (κ2) is 6.79. The van der Waals surface area contributed by atoms with Crippen LogP contribution in [0.1, 0.15) is 46.5 Å². The van der Waals surface area contributed by atoms with Crippen LogP contribution < -0.4 is 0 Å². The van der Waals surface area contributed by atoms with Crippen LogP contribution in [0.5, 0.6) is 0 Å². The SMILES string of the molecule is Cc1cc(C(=O)N2CCC[C@H](c3nccn3Cc3cscn3)C2)n[nH]1. The molecule has 4 rings (SSSR count). The van der Waals surface area contributed by atoms with Gasteiger partial charge in [-0.3, -0.25) is 9.89 Å². The number of likely N-dealkylation sites (tertiary alicyclic amines) is 1. The van der Waals surface area contributed by atoms with Crippen LogP contribution in [0.15, 0.2) is 29.4 Å². The molecule has 0 aliphatic carbocycles. The normalized spacial score (nSPS) is 17.8. The summed E-state index contributed by atoms with van der Waals surface area (Å²) in [5.74, 6) is 1.27. The van der Waals surface area contributed by atoms with E-state index >= 15 is 0 Å². The first-order valence-electron chi connectivity index (χ1n) is 8.40. The molecule has 3 aromatic heterocycles. The maximum Gasteiger partial charge on any atom is 0.274 e. The zero-order chi connectivity index (χ0) is 17.2. The summed E-state index contributed by atoms with van der Waals surface area (Å²) in [5, 5.41) is 9.00. The highest BCUT2D eigenvalue weighted by molar-refractivity contribution is 7.07. The lowest BCUT2D eigenvalue weighted by atomic mass is 9.96. The highest BCUT2D eigenvalue weighted by Crippen LogP contribution is 2.27. The molecular weight excluding hydrogens is 336 g/mol. The van der Waals surface area contributed by atoms with Gasteiger partial charge in [0.1, 0.15) is 11.5 Å². The molecule has 3 aromatic rings. The van der Waals surface area contributed by atoms with Crippen molar-refractivity contribution in [2.45, 2.75) is 32.2 Å². The number of hydrogen-bond acceptors (Lipinski definition) is 5. The third kappa shape index (κ3) is 3.34. The molecule has 1 aliphatic heterocycles. The maximum atomic E-state index is 12.7. The van der Waals surface area contributed by atoms with Crippen molar-refractivity contribution in [1.29, 1.82) is 0 Å². The Morgan fingerprint density at radius 2 is 2.36 bits per heavy atom. The van der Waals surface area contributed by atoms with E-state index in [0.717, 1.165) is 43.1 Å². The summed E-state index contributed by atoms with van der Waals surface area (Å²) < 4.78 is 2.15. The van der Waals surface area contributed by atoms with Crippen molar-refractivity contribution in [3.05, 3.63) is 52.3 Å². The van der Waals surface area contributed by atoms with Gasteiger partial charge in [-0.2, -0.15) is 5.10 Å². The van der Waals surface area contributed by atoms with Gasteiger partial charge in [0.15, 0.2) is 0 Å². The van der Waals surface area contributed by atoms with E-state index in [9.17, 15) is 4.79 Å². The van der Waals surface area contributed by atoms with Gasteiger partial charge in [-0.05, 0) is 25.8 Å². The van der Waals surface area contributed by atoms with Gasteiger partial charge in [-0.15, -0.1) is 11.3 Å². The summed E-state index contributed by atoms with van der Waals surface area (Å²) in [6.07, 6.45) is 5.84. The number of amides is 1. The number of nitrogens with zero attached hydrogens (tertiary/aromatic N) is 5. The van der Waals surface area contributed by atoms with E-state index in [-0.39, 0.29) is 11.8 Å². The molecule has 1 atom stereocenters. The Morgan fingerprint density at radius 1 is 1.44 bits per heavy atom. The minimum absolute atomic E-state index is 0.00772. The van der Waals surface area contributed by atoms with E-state index in [1.54, 1.807) is 17.4 Å². The van der Waals surface area contributed by atoms with Crippen molar-refractivity contribution >= 4 is 17.2 Å². The van der Waals surface area contributed by atoms with Crippen molar-refractivity contribution < 1.29 is 4.79 Å². The number of imidazole rings is 1. The van der Waals surface area contributed by atoms with Gasteiger partial charge >= 0.3 is 0 Å². The van der Waals surface area contributed by atoms with Crippen LogP contribution in [0.4, 0.5) is 0 Å². The number of carbonyl (C=O) groups excluding carboxylic acids is 1. The van der Waals surface area contributed by atoms with Gasteiger partial charge < -0.3 is 9.47 Å². The first kappa shape index (κ1) is 16.0. The number of H-pyrrole nitrogens is 1. The molecule has 7 nitrogen and oxygen atoms in total. The molecule has 1 N–H and O–H groups in total. The van der Waals surface area contributed by atoms with Crippen LogP contribution in [0.25, 0.3) is 0 Å². The fourth-order valence-electron chi connectivity index (χ4n) is 3.37. The molecule has 8 heteroatoms. The molecule has 1 aliphatic rings. The van der Waals surface area contributed by atoms with Gasteiger partial charge in [0, 0.05) is 42.5 Å². The molecule has 1 amide bonds. The van der Waals surface area contributed by atoms with Gasteiger partial charge in [0.05, 0.1) is 17.7 Å². The first-order valence-corrected chi connectivity index (χ1v) is 9.34. The Balaban J connectivity index is 1.50. The predicted molar refractivity (Wildman–Crippen MR) is 94.6 cm³/mol. The minimum atomic E-state index is -0.00772. The number of carbonyl (C=O) groups is 1. The summed E-state index contributed by atoms with van der Waals surface area (Å²) in [7, 11) is 0. The number of piperidine rings is 1. The Hall–Kier alpha value is -2.48. The summed E-state index contributed by atoms with van der Waals surface area (Å²) >= 11 is 1.60. The lowest BCUT2D eigenvalue weighted by molar-refractivity contribution is 0.0697. The molecule has 130 valence electrons. The second-order valence-electron chi connectivity index (χ2n) is 6.42. The van der Waals surface area contributed by atoms with E-state index < -0.39 is 0 Å². The average Bonchev–Trinajstić information content (AvgIpc) is 3.37. The molecule has 0 saturated carbocycles. The Bertz CT molecular complexity index is 852. The maximum absolute atomic E-state index is 12.7. The Labute approximate surface area is 149 Å². The van der Waals surface area contributed by atoms with E-state index in [1.807, 2.05) is 29.7 Å². The Morgan fingerprint density at radius 3 is 3.12 bits per heavy atom. The standard InChI is InChI=1S/C17H20N6OS/c1-12-7-15(21-20-12)17(24)23-5-2-3-13(8-23)16-18-4-6-22(16)9-14-10-25-11-19-14/h4,6-7,10-11,13H,2-3,5,8-9H2,1H3,(H,20,21)/t13-/m0/s1. The average molecular weight is 356 g/mol. The monoisotopic (exact) mass is 356 g/mol. The van der Waals surface area contributed by atoms with Crippen molar-refractivity contribution in [1.82, 2.24) is 29.6 Å². The third-order valence-electron chi connectivity index (χ3n) is 4.56. The highest BCUT2D eigenvalue weighted by atomic mass is 32.1. The van der Waals surface area contributed by atoms with Crippen LogP contribution >= 0.6 is 11.3 Å². The van der Waals surface area contributed by atoms with E-state index in [0.29, 0.717) is 12.2 Å². The quantitative estimate of drug-likeness (QED) is 0.779. The van der Waals surface area contributed by atoms with E-state index in [4.69, 9.17) is 0 Å². The van der Waals surface area contributed by atoms with Crippen molar-refractivity contribution in [2.24, 2.45) is 0 Å². The van der Waals surface area contributed by atoms with Gasteiger partial charge in [0.25, 0.3) is 5.91 Å². The first-order chi connectivity index (χ1) is 12.2. The fourth-order valence-corrected chi connectivity index (χ4v) is 3.92. The molecule has 0 bridgehead atoms. The third-order valence-corrected chi connectivity index (χ3v) is 5.20. The number of thiazole rings is 1. The molecule has 0 unspecified atom stereocenters. The number of aromatic nitrogens is 5. The number of nitrogens with one attached hydrogen (secondary N) is 1. The number of rotatable bonds is 4. The predicted octanol–water partition coefficient (Wildman–Crippen LogP) is 2.44. The largest absolute Gasteiger partial charge is 0.337 e. The van der Waals surface area contributed by atoms with Gasteiger partial charge in [-0.25, -0.2) is 9.97 Å². The molecule has 25 heavy (non-hydrogen) atoms. The zero-order valence-corrected chi connectivity index (χ0v) is 14.9. The molecule has 0 spiro atoms. The van der Waals surface area contributed by atoms with Crippen molar-refractivity contribution in [2.75, 3.05) is 13.1 Å². The highest BCUT2D eigenvalue weighted by Gasteiger charge is 2.29. The number of aromatic amines is 1. The van der Waals surface area contributed by atoms with E-state index in [1.165, 1.54) is 0 Å². The molecule has 1 fully saturated rings. The summed E-state index contributed by atoms with van der Waals surface area (Å²) in [6, 6.07) is 1.80. The molecule has 0 radical (unpaired) electrons. The lowest BCUT2D eigenvalue weighted by Gasteiger charge is -2.32. The minimum Gasteiger partial charge on any atom is -0.337 e. The van der Waals surface area contributed by atoms with Crippen LogP contribution in [0.2, 0.25) is 0 Å². The van der Waals surface area contributed by atoms with Gasteiger partial charge in [0.2, 0.25) is 0 Å². The summed E-state index contributed by atoms with van der Waals surface area (Å²) in [5.41, 5.74) is 4.28. The van der Waals surface area contributed by atoms with Crippen LogP contribution in [0.3, 0.4) is 0 Å². The summed E-state index contributed by atoms with van der Waals surface area (Å²) in [4.78, 5) is 23.5. The topological polar surface area (TPSA) is 79.7 Å². The van der Waals surface area contributed by atoms with E-state index in [2.05, 4.69) is 30.1 Å². The number of aryl methyl sites for hydroxylation is 1. The molecule has 0 aromatic carbocycles. The smallest absolute Gasteiger partial charge is 0.274 e. The van der Waals surface area contributed by atoms with Crippen LogP contribution in [0, 0.1) is 6.92 Å². The summed E-state index contributed by atoms with van der Waals surface area (Å²) in [6.45, 7) is 4.08. The van der Waals surface area contributed by atoms with Gasteiger partial charge in [-0.1, -0.05) is 0 Å². The molecular formula is C17H20N6OS. The fraction of sp³-hybridized carbons (Fsp3) is 0.412. The molecule has 4 heterocycles. The lowest BCUT2D eigenvalue weighted by Crippen LogP contribution is -2.40. The second-order valence-corrected chi connectivity index (χ2v) is 7.14. The van der Waals surface area contributed by atoms with Crippen molar-refractivity contribution in [3.8, 4) is 0 Å². The molecule has 1 saturated heterocycles. The number of hydrogen-bond donors (Lipinski definition) is 1. The Kier molecular flexibility index (Phi) is 4.35. The van der Waals surface area contributed by atoms with Crippen molar-refractivity contribution in [3.63, 3.8) is 0 Å². The van der Waals surface area contributed by atoms with Crippen LogP contribution in [-0.2, 0) is 6.54 Å². The van der Waals surface area contributed by atoms with Crippen LogP contribution in [-0.4, -0.2) is 48.6 Å². The zero-order valence-electron chi connectivity index (χ0n) is 14.1.